The fourth-order valence-electron chi connectivity index (χ4n) is 6.94. The van der Waals surface area contributed by atoms with Crippen molar-refractivity contribution in [1.29, 1.82) is 0 Å². The lowest BCUT2D eigenvalue weighted by molar-refractivity contribution is -0.150. The fraction of sp³-hybridized carbons (Fsp3) is 0.568. The van der Waals surface area contributed by atoms with Crippen molar-refractivity contribution in [2.24, 2.45) is 11.0 Å². The van der Waals surface area contributed by atoms with E-state index in [4.69, 9.17) is 30.4 Å². The highest BCUT2D eigenvalue weighted by atomic mass is 35.5. The number of carbonyl (C=O) groups is 4. The third-order valence-corrected chi connectivity index (χ3v) is 10.6. The molecule has 52 heavy (non-hydrogen) atoms. The van der Waals surface area contributed by atoms with Gasteiger partial charge in [-0.15, -0.1) is 0 Å². The van der Waals surface area contributed by atoms with Gasteiger partial charge in [-0.05, 0) is 90.0 Å². The lowest BCUT2D eigenvalue weighted by atomic mass is 9.78. The summed E-state index contributed by atoms with van der Waals surface area (Å²) in [7, 11) is -0.494. The van der Waals surface area contributed by atoms with Gasteiger partial charge in [0.25, 0.3) is 0 Å². The van der Waals surface area contributed by atoms with Gasteiger partial charge in [0.15, 0.2) is 17.9 Å². The van der Waals surface area contributed by atoms with E-state index in [0.717, 1.165) is 11.1 Å². The lowest BCUT2D eigenvalue weighted by Crippen LogP contribution is -2.55. The Bertz CT molecular complexity index is 1730. The predicted molar refractivity (Wildman–Crippen MR) is 195 cm³/mol. The molecule has 0 spiro atoms. The van der Waals surface area contributed by atoms with Crippen LogP contribution in [0.3, 0.4) is 0 Å². The molecule has 2 amide bonds. The van der Waals surface area contributed by atoms with Gasteiger partial charge in [0.05, 0.1) is 17.7 Å². The Morgan fingerprint density at radius 3 is 2.35 bits per heavy atom. The van der Waals surface area contributed by atoms with Crippen molar-refractivity contribution in [1.82, 2.24) is 9.80 Å². The first-order valence-corrected chi connectivity index (χ1v) is 18.0. The number of fused-ring (bicyclic) bond motifs is 1. The standard InChI is InChI=1S/C37H47BClN5O8/c1-34(2,3)50-33(48)44-20-26-18-28(39)16-15-25(26)19-29(44)31(46)43-21-27(14-11-17-38-51-35(4,5)36(6,7)52-38)37(23-43,41-42-40)32(47)49-22-30(45)24-12-9-8-10-13-24/h8-10,12-13,15-16,18,27,29H,11,14,17,19-23H2,1-7H3/t27-,29?,37-/m0/s1. The first kappa shape index (κ1) is 39.1. The zero-order valence-electron chi connectivity index (χ0n) is 30.9. The molecule has 0 aromatic heterocycles. The first-order chi connectivity index (χ1) is 24.4. The van der Waals surface area contributed by atoms with Crippen LogP contribution < -0.4 is 0 Å². The van der Waals surface area contributed by atoms with Gasteiger partial charge in [-0.25, -0.2) is 4.79 Å². The van der Waals surface area contributed by atoms with E-state index in [2.05, 4.69) is 10.0 Å². The molecule has 0 saturated carbocycles. The number of carbonyl (C=O) groups excluding carboxylic acids is 4. The van der Waals surface area contributed by atoms with Crippen molar-refractivity contribution in [3.05, 3.63) is 80.7 Å². The molecule has 0 N–H and O–H groups in total. The maximum absolute atomic E-state index is 14.6. The zero-order chi connectivity index (χ0) is 38.1. The van der Waals surface area contributed by atoms with E-state index < -0.39 is 71.8 Å². The molecule has 3 aliphatic rings. The van der Waals surface area contributed by atoms with Crippen LogP contribution in [0.2, 0.25) is 11.3 Å². The molecule has 5 rings (SSSR count). The number of azide groups is 1. The van der Waals surface area contributed by atoms with Crippen molar-refractivity contribution in [3.63, 3.8) is 0 Å². The van der Waals surface area contributed by atoms with Crippen molar-refractivity contribution >= 4 is 42.5 Å². The van der Waals surface area contributed by atoms with Crippen LogP contribution in [0.25, 0.3) is 10.4 Å². The van der Waals surface area contributed by atoms with Crippen molar-refractivity contribution in [2.75, 3.05) is 19.7 Å². The molecule has 2 aromatic carbocycles. The molecule has 1 unspecified atom stereocenters. The maximum atomic E-state index is 14.6. The zero-order valence-corrected chi connectivity index (χ0v) is 31.6. The number of rotatable bonds is 10. The second kappa shape index (κ2) is 15.1. The average molecular weight is 736 g/mol. The van der Waals surface area contributed by atoms with E-state index in [1.807, 2.05) is 33.8 Å². The Morgan fingerprint density at radius 2 is 1.71 bits per heavy atom. The number of ketones is 1. The SMILES string of the molecule is CC(C)(C)OC(=O)N1Cc2cc(Cl)ccc2CC1C(=O)N1C[C@H](CCCB2OC(C)(C)C(C)(C)O2)[C@](N=[N+]=[N-])(C(=O)OCC(=O)c2ccccc2)C1. The maximum Gasteiger partial charge on any atom is 0.457 e. The van der Waals surface area contributed by atoms with E-state index in [9.17, 15) is 24.7 Å². The Morgan fingerprint density at radius 1 is 1.04 bits per heavy atom. The minimum Gasteiger partial charge on any atom is -0.457 e. The molecule has 0 bridgehead atoms. The van der Waals surface area contributed by atoms with Gasteiger partial charge in [-0.2, -0.15) is 0 Å². The van der Waals surface area contributed by atoms with E-state index in [1.165, 1.54) is 9.80 Å². The summed E-state index contributed by atoms with van der Waals surface area (Å²) in [5.41, 5.74) is 8.10. The molecule has 3 atom stereocenters. The minimum absolute atomic E-state index is 0.0368. The molecule has 0 aliphatic carbocycles. The van der Waals surface area contributed by atoms with Crippen LogP contribution in [0.5, 0.6) is 0 Å². The number of ether oxygens (including phenoxy) is 2. The number of amides is 2. The van der Waals surface area contributed by atoms with E-state index in [-0.39, 0.29) is 26.1 Å². The van der Waals surface area contributed by atoms with Crippen LogP contribution in [0.1, 0.15) is 82.8 Å². The van der Waals surface area contributed by atoms with Crippen LogP contribution in [0, 0.1) is 5.92 Å². The summed E-state index contributed by atoms with van der Waals surface area (Å²) in [6.07, 6.45) is 0.841. The monoisotopic (exact) mass is 735 g/mol. The van der Waals surface area contributed by atoms with Crippen LogP contribution in [0.4, 0.5) is 4.79 Å². The van der Waals surface area contributed by atoms with Gasteiger partial charge in [0, 0.05) is 40.9 Å². The van der Waals surface area contributed by atoms with E-state index >= 15 is 0 Å². The highest BCUT2D eigenvalue weighted by molar-refractivity contribution is 6.45. The Kier molecular flexibility index (Phi) is 11.4. The molecular weight excluding hydrogens is 689 g/mol. The first-order valence-electron chi connectivity index (χ1n) is 17.6. The lowest BCUT2D eigenvalue weighted by Gasteiger charge is -2.38. The van der Waals surface area contributed by atoms with Gasteiger partial charge in [-0.1, -0.05) is 59.5 Å². The Balaban J connectivity index is 1.42. The van der Waals surface area contributed by atoms with Crippen LogP contribution in [-0.2, 0) is 41.3 Å². The van der Waals surface area contributed by atoms with Gasteiger partial charge in [-0.3, -0.25) is 19.3 Å². The van der Waals surface area contributed by atoms with Crippen molar-refractivity contribution in [2.45, 2.75) is 109 Å². The highest BCUT2D eigenvalue weighted by Gasteiger charge is 2.56. The summed E-state index contributed by atoms with van der Waals surface area (Å²) in [6, 6.07) is 12.7. The number of Topliss-reactive ketones (excluding diaryl/α,β-unsaturated/α-hetero) is 1. The molecule has 0 radical (unpaired) electrons. The van der Waals surface area contributed by atoms with Crippen molar-refractivity contribution in [3.8, 4) is 0 Å². The summed E-state index contributed by atoms with van der Waals surface area (Å²) >= 11 is 6.28. The number of hydrogen-bond donors (Lipinski definition) is 0. The number of halogens is 1. The minimum atomic E-state index is -1.84. The van der Waals surface area contributed by atoms with Crippen LogP contribution in [0.15, 0.2) is 53.6 Å². The smallest absolute Gasteiger partial charge is 0.457 e. The Labute approximate surface area is 310 Å². The Hall–Kier alpha value is -4.10. The van der Waals surface area contributed by atoms with E-state index in [0.29, 0.717) is 29.7 Å². The molecule has 15 heteroatoms. The highest BCUT2D eigenvalue weighted by Crippen LogP contribution is 2.41. The van der Waals surface area contributed by atoms with Gasteiger partial charge >= 0.3 is 19.2 Å². The largest absolute Gasteiger partial charge is 0.457 e. The average Bonchev–Trinajstić information content (AvgIpc) is 3.54. The summed E-state index contributed by atoms with van der Waals surface area (Å²) in [4.78, 5) is 61.0. The van der Waals surface area contributed by atoms with Gasteiger partial charge in [0.2, 0.25) is 5.91 Å². The second-order valence-electron chi connectivity index (χ2n) is 15.8. The molecule has 2 saturated heterocycles. The van der Waals surface area contributed by atoms with Crippen molar-refractivity contribution < 1.29 is 38.0 Å². The molecule has 3 aliphatic heterocycles. The number of likely N-dealkylation sites (tertiary alicyclic amines) is 1. The van der Waals surface area contributed by atoms with E-state index in [1.54, 1.807) is 63.2 Å². The topological polar surface area (TPSA) is 160 Å². The normalized spacial score (nSPS) is 23.4. The third-order valence-electron chi connectivity index (χ3n) is 10.4. The molecule has 2 aromatic rings. The van der Waals surface area contributed by atoms with Crippen LogP contribution in [-0.4, -0.2) is 88.8 Å². The predicted octanol–water partition coefficient (Wildman–Crippen LogP) is 6.81. The summed E-state index contributed by atoms with van der Waals surface area (Å²) in [5, 5.41) is 4.53. The molecule has 2 fully saturated rings. The number of benzene rings is 2. The second-order valence-corrected chi connectivity index (χ2v) is 16.2. The molecular formula is C37H47BClN5O8. The molecule has 278 valence electrons. The van der Waals surface area contributed by atoms with Crippen LogP contribution >= 0.6 is 11.6 Å². The summed E-state index contributed by atoms with van der Waals surface area (Å²) < 4.78 is 23.6. The molecule has 3 heterocycles. The quantitative estimate of drug-likeness (QED) is 0.0643. The summed E-state index contributed by atoms with van der Waals surface area (Å²) in [6.45, 7) is 12.3. The molecule has 13 nitrogen and oxygen atoms in total. The number of esters is 1. The van der Waals surface area contributed by atoms with Gasteiger partial charge in [0.1, 0.15) is 11.6 Å². The number of hydrogen-bond acceptors (Lipinski definition) is 9. The fourth-order valence-corrected chi connectivity index (χ4v) is 7.13. The number of nitrogens with zero attached hydrogens (tertiary/aromatic N) is 5. The third kappa shape index (κ3) is 8.41. The van der Waals surface area contributed by atoms with Gasteiger partial charge < -0.3 is 23.7 Å². The summed E-state index contributed by atoms with van der Waals surface area (Å²) in [5.74, 6) is -2.45.